The summed E-state index contributed by atoms with van der Waals surface area (Å²) in [7, 11) is 0. The minimum absolute atomic E-state index is 0.0221. The van der Waals surface area contributed by atoms with Crippen LogP contribution in [0.5, 0.6) is 0 Å². The zero-order valence-electron chi connectivity index (χ0n) is 15.2. The molecule has 0 aromatic carbocycles. The average Bonchev–Trinajstić information content (AvgIpc) is 2.83. The third-order valence-electron chi connectivity index (χ3n) is 3.59. The predicted molar refractivity (Wildman–Crippen MR) is 97.6 cm³/mol. The lowest BCUT2D eigenvalue weighted by molar-refractivity contribution is 0.0521. The highest BCUT2D eigenvalue weighted by molar-refractivity contribution is 6.38. The van der Waals surface area contributed by atoms with Crippen molar-refractivity contribution in [3.05, 3.63) is 28.5 Å². The number of pyridine rings is 1. The third-order valence-corrected chi connectivity index (χ3v) is 3.97. The minimum atomic E-state index is -1.29. The fraction of sp³-hybridized carbons (Fsp3) is 0.412. The second kappa shape index (κ2) is 7.43. The summed E-state index contributed by atoms with van der Waals surface area (Å²) >= 11 is 6.18. The molecule has 27 heavy (non-hydrogen) atoms. The number of carboxylic acid groups (broad SMARTS) is 2. The maximum absolute atomic E-state index is 11.8. The zero-order valence-corrected chi connectivity index (χ0v) is 16.0. The van der Waals surface area contributed by atoms with Crippen molar-refractivity contribution in [2.24, 2.45) is 0 Å². The highest BCUT2D eigenvalue weighted by Crippen LogP contribution is 2.32. The lowest BCUT2D eigenvalue weighted by Crippen LogP contribution is -2.35. The maximum Gasteiger partial charge on any atom is 0.407 e. The first-order valence-electron chi connectivity index (χ1n) is 8.06. The van der Waals surface area contributed by atoms with E-state index < -0.39 is 29.7 Å². The van der Waals surface area contributed by atoms with Crippen molar-refractivity contribution in [2.75, 3.05) is 6.54 Å². The maximum atomic E-state index is 11.8. The third kappa shape index (κ3) is 4.48. The summed E-state index contributed by atoms with van der Waals surface area (Å²) in [5.74, 6) is -2.55. The van der Waals surface area contributed by atoms with Crippen molar-refractivity contribution in [1.29, 1.82) is 0 Å². The van der Waals surface area contributed by atoms with Crippen LogP contribution in [0.3, 0.4) is 0 Å². The van der Waals surface area contributed by atoms with Crippen LogP contribution in [0.4, 0.5) is 4.79 Å². The molecule has 2 aromatic rings. The molecule has 0 saturated heterocycles. The Labute approximate surface area is 159 Å². The molecule has 0 radical (unpaired) electrons. The molecule has 1 atom stereocenters. The minimum Gasteiger partial charge on any atom is -0.477 e. The number of nitrogens with zero attached hydrogens (tertiary/aromatic N) is 2. The van der Waals surface area contributed by atoms with Gasteiger partial charge in [0.25, 0.3) is 0 Å². The Morgan fingerprint density at radius 1 is 1.26 bits per heavy atom. The van der Waals surface area contributed by atoms with Gasteiger partial charge in [-0.3, -0.25) is 0 Å². The number of aromatic carboxylic acids is 2. The van der Waals surface area contributed by atoms with Crippen molar-refractivity contribution in [3.8, 4) is 0 Å². The molecule has 9 nitrogen and oxygen atoms in total. The van der Waals surface area contributed by atoms with Gasteiger partial charge in [-0.1, -0.05) is 11.6 Å². The fourth-order valence-corrected chi connectivity index (χ4v) is 2.84. The van der Waals surface area contributed by atoms with Crippen molar-refractivity contribution in [3.63, 3.8) is 0 Å². The van der Waals surface area contributed by atoms with Crippen LogP contribution in [0, 0.1) is 0 Å². The van der Waals surface area contributed by atoms with Gasteiger partial charge in [0.15, 0.2) is 5.69 Å². The van der Waals surface area contributed by atoms with Gasteiger partial charge in [0.05, 0.1) is 11.1 Å². The number of alkyl carbamates (subject to hydrolysis) is 1. The molecular formula is C17H20ClN3O6. The zero-order chi connectivity index (χ0) is 20.5. The highest BCUT2D eigenvalue weighted by Gasteiger charge is 2.26. The largest absolute Gasteiger partial charge is 0.477 e. The first kappa shape index (κ1) is 20.5. The fourth-order valence-electron chi connectivity index (χ4n) is 2.52. The first-order chi connectivity index (χ1) is 12.4. The van der Waals surface area contributed by atoms with Gasteiger partial charge in [0.1, 0.15) is 16.9 Å². The second-order valence-electron chi connectivity index (χ2n) is 6.94. The summed E-state index contributed by atoms with van der Waals surface area (Å²) < 4.78 is 6.45. The van der Waals surface area contributed by atoms with Gasteiger partial charge in [-0.2, -0.15) is 0 Å². The number of carbonyl (C=O) groups excluding carboxylic acids is 1. The summed E-state index contributed by atoms with van der Waals surface area (Å²) in [5.41, 5.74) is -1.06. The van der Waals surface area contributed by atoms with Gasteiger partial charge in [-0.15, -0.1) is 0 Å². The Balaban J connectivity index is 2.43. The Morgan fingerprint density at radius 2 is 1.89 bits per heavy atom. The van der Waals surface area contributed by atoms with Crippen LogP contribution in [-0.4, -0.2) is 49.9 Å². The predicted octanol–water partition coefficient (Wildman–Crippen LogP) is 3.17. The molecule has 2 rings (SSSR count). The molecule has 146 valence electrons. The lowest BCUT2D eigenvalue weighted by Gasteiger charge is -2.22. The number of nitrogens with one attached hydrogen (secondary N) is 1. The number of carboxylic acids is 2. The number of hydrogen-bond acceptors (Lipinski definition) is 5. The van der Waals surface area contributed by atoms with Crippen LogP contribution >= 0.6 is 11.6 Å². The number of hydrogen-bond donors (Lipinski definition) is 3. The van der Waals surface area contributed by atoms with Gasteiger partial charge >= 0.3 is 18.0 Å². The SMILES string of the molecule is C[C@H](CNC(=O)OC(C)(C)C)n1c(C(=O)O)c(Cl)c2ccc(C(=O)O)nc21. The van der Waals surface area contributed by atoms with E-state index in [4.69, 9.17) is 21.4 Å². The van der Waals surface area contributed by atoms with Gasteiger partial charge in [-0.25, -0.2) is 19.4 Å². The smallest absolute Gasteiger partial charge is 0.407 e. The molecule has 0 spiro atoms. The number of carbonyl (C=O) groups is 3. The van der Waals surface area contributed by atoms with E-state index in [9.17, 15) is 19.5 Å². The van der Waals surface area contributed by atoms with Crippen LogP contribution in [0.2, 0.25) is 5.02 Å². The number of fused-ring (bicyclic) bond motifs is 1. The normalized spacial score (nSPS) is 12.6. The number of halogens is 1. The van der Waals surface area contributed by atoms with Crippen LogP contribution in [0.15, 0.2) is 12.1 Å². The van der Waals surface area contributed by atoms with Crippen LogP contribution < -0.4 is 5.32 Å². The lowest BCUT2D eigenvalue weighted by atomic mass is 10.2. The Kier molecular flexibility index (Phi) is 5.65. The van der Waals surface area contributed by atoms with E-state index in [1.165, 1.54) is 16.7 Å². The van der Waals surface area contributed by atoms with E-state index >= 15 is 0 Å². The average molecular weight is 398 g/mol. The van der Waals surface area contributed by atoms with Crippen LogP contribution in [-0.2, 0) is 4.74 Å². The van der Waals surface area contributed by atoms with E-state index in [0.29, 0.717) is 5.39 Å². The Morgan fingerprint density at radius 3 is 2.41 bits per heavy atom. The number of amides is 1. The van der Waals surface area contributed by atoms with E-state index in [-0.39, 0.29) is 28.6 Å². The molecule has 0 saturated carbocycles. The first-order valence-corrected chi connectivity index (χ1v) is 8.44. The summed E-state index contributed by atoms with van der Waals surface area (Å²) in [5, 5.41) is 21.5. The summed E-state index contributed by atoms with van der Waals surface area (Å²) in [6, 6.07) is 2.07. The van der Waals surface area contributed by atoms with Crippen LogP contribution in [0.25, 0.3) is 11.0 Å². The molecule has 3 N–H and O–H groups in total. The number of aromatic nitrogens is 2. The number of ether oxygens (including phenoxy) is 1. The van der Waals surface area contributed by atoms with Gasteiger partial charge in [-0.05, 0) is 39.8 Å². The molecular weight excluding hydrogens is 378 g/mol. The molecule has 2 aromatic heterocycles. The molecule has 2 heterocycles. The van der Waals surface area contributed by atoms with E-state index in [0.717, 1.165) is 0 Å². The van der Waals surface area contributed by atoms with Gasteiger partial charge in [0.2, 0.25) is 0 Å². The highest BCUT2D eigenvalue weighted by atomic mass is 35.5. The quantitative estimate of drug-likeness (QED) is 0.706. The van der Waals surface area contributed by atoms with E-state index in [1.807, 2.05) is 0 Å². The monoisotopic (exact) mass is 397 g/mol. The second-order valence-corrected chi connectivity index (χ2v) is 7.32. The molecule has 1 amide bonds. The van der Waals surface area contributed by atoms with Gasteiger partial charge in [0, 0.05) is 11.9 Å². The van der Waals surface area contributed by atoms with Crippen molar-refractivity contribution in [1.82, 2.24) is 14.9 Å². The summed E-state index contributed by atoms with van der Waals surface area (Å²) in [6.45, 7) is 6.82. The van der Waals surface area contributed by atoms with E-state index in [1.54, 1.807) is 27.7 Å². The summed E-state index contributed by atoms with van der Waals surface area (Å²) in [6.07, 6.45) is -0.659. The van der Waals surface area contributed by atoms with Crippen LogP contribution in [0.1, 0.15) is 54.7 Å². The molecule has 0 aliphatic heterocycles. The molecule has 0 aliphatic carbocycles. The topological polar surface area (TPSA) is 131 Å². The Bertz CT molecular complexity index is 916. The molecule has 0 bridgehead atoms. The van der Waals surface area contributed by atoms with Crippen molar-refractivity contribution >= 4 is 40.7 Å². The number of rotatable bonds is 5. The molecule has 0 unspecified atom stereocenters. The van der Waals surface area contributed by atoms with E-state index in [2.05, 4.69) is 10.3 Å². The van der Waals surface area contributed by atoms with Gasteiger partial charge < -0.3 is 24.8 Å². The summed E-state index contributed by atoms with van der Waals surface area (Å²) in [4.78, 5) is 38.8. The molecule has 10 heteroatoms. The Hall–Kier alpha value is -2.81. The molecule has 0 aliphatic rings. The van der Waals surface area contributed by atoms with Crippen molar-refractivity contribution in [2.45, 2.75) is 39.3 Å². The standard InChI is InChI=1S/C17H20ClN3O6/c1-8(7-19-16(26)27-17(2,3)4)21-12(15(24)25)11(18)9-5-6-10(14(22)23)20-13(9)21/h5-6,8H,7H2,1-4H3,(H,19,26)(H,22,23)(H,24,25)/t8-/m1/s1. The molecule has 0 fully saturated rings. The van der Waals surface area contributed by atoms with Crippen molar-refractivity contribution < 1.29 is 29.3 Å².